The van der Waals surface area contributed by atoms with E-state index in [-0.39, 0.29) is 22.9 Å². The van der Waals surface area contributed by atoms with E-state index in [0.717, 1.165) is 23.6 Å². The van der Waals surface area contributed by atoms with Crippen LogP contribution in [0, 0.1) is 6.92 Å². The van der Waals surface area contributed by atoms with Crippen LogP contribution in [0.5, 0.6) is 5.75 Å². The molecule has 4 rings (SSSR count). The van der Waals surface area contributed by atoms with Crippen molar-refractivity contribution in [2.75, 3.05) is 37.1 Å². The second-order valence-electron chi connectivity index (χ2n) is 9.34. The molecule has 0 unspecified atom stereocenters. The Morgan fingerprint density at radius 3 is 2.25 bits per heavy atom. The smallest absolute Gasteiger partial charge is 0.264 e. The lowest BCUT2D eigenvalue weighted by Crippen LogP contribution is -2.42. The van der Waals surface area contributed by atoms with Gasteiger partial charge in [0.25, 0.3) is 10.0 Å². The van der Waals surface area contributed by atoms with Gasteiger partial charge >= 0.3 is 0 Å². The molecular weight excluding hydrogens is 574 g/mol. The van der Waals surface area contributed by atoms with Crippen molar-refractivity contribution in [1.82, 2.24) is 9.62 Å². The fraction of sp³-hybridized carbons (Fsp3) is 0.321. The van der Waals surface area contributed by atoms with Crippen LogP contribution in [-0.2, 0) is 24.8 Å². The highest BCUT2D eigenvalue weighted by Crippen LogP contribution is 2.30. The van der Waals surface area contributed by atoms with Crippen LogP contribution in [0.15, 0.2) is 82.6 Å². The number of hydrogen-bond acceptors (Lipinski definition) is 6. The van der Waals surface area contributed by atoms with E-state index in [9.17, 15) is 21.6 Å². The number of sulfonamides is 2. The van der Waals surface area contributed by atoms with Crippen molar-refractivity contribution in [1.29, 1.82) is 0 Å². The topological polar surface area (TPSA) is 113 Å². The average molecular weight is 606 g/mol. The van der Waals surface area contributed by atoms with E-state index in [4.69, 9.17) is 16.3 Å². The number of amides is 1. The summed E-state index contributed by atoms with van der Waals surface area (Å²) in [4.78, 5) is 13.1. The molecule has 3 aromatic rings. The lowest BCUT2D eigenvalue weighted by Gasteiger charge is -2.26. The van der Waals surface area contributed by atoms with Crippen molar-refractivity contribution < 1.29 is 26.4 Å². The van der Waals surface area contributed by atoms with Gasteiger partial charge in [0.1, 0.15) is 18.9 Å². The van der Waals surface area contributed by atoms with Crippen LogP contribution < -0.4 is 14.4 Å². The lowest BCUT2D eigenvalue weighted by molar-refractivity contribution is -0.119. The van der Waals surface area contributed by atoms with Gasteiger partial charge in [0.05, 0.1) is 22.0 Å². The highest BCUT2D eigenvalue weighted by Gasteiger charge is 2.29. The van der Waals surface area contributed by atoms with Gasteiger partial charge in [-0.05, 0) is 73.9 Å². The predicted molar refractivity (Wildman–Crippen MR) is 155 cm³/mol. The molecule has 1 heterocycles. The second-order valence-corrected chi connectivity index (χ2v) is 13.6. The summed E-state index contributed by atoms with van der Waals surface area (Å²) >= 11 is 6.25. The first-order chi connectivity index (χ1) is 19.1. The average Bonchev–Trinajstić information content (AvgIpc) is 2.97. The summed E-state index contributed by atoms with van der Waals surface area (Å²) < 4.78 is 60.8. The van der Waals surface area contributed by atoms with Crippen LogP contribution in [0.4, 0.5) is 5.69 Å². The molecule has 0 aliphatic carbocycles. The van der Waals surface area contributed by atoms with Gasteiger partial charge in [-0.15, -0.1) is 0 Å². The van der Waals surface area contributed by atoms with Crippen molar-refractivity contribution in [3.63, 3.8) is 0 Å². The van der Waals surface area contributed by atoms with Crippen molar-refractivity contribution in [2.45, 2.75) is 36.0 Å². The van der Waals surface area contributed by atoms with Gasteiger partial charge in [-0.2, -0.15) is 4.31 Å². The molecule has 1 amide bonds. The maximum Gasteiger partial charge on any atom is 0.264 e. The third-order valence-electron chi connectivity index (χ3n) is 6.60. The number of nitrogens with one attached hydrogen (secondary N) is 1. The molecule has 1 N–H and O–H groups in total. The Bertz CT molecular complexity index is 1530. The molecular formula is C28H32ClN3O6S2. The summed E-state index contributed by atoms with van der Waals surface area (Å²) in [5.41, 5.74) is 0.841. The van der Waals surface area contributed by atoms with Crippen molar-refractivity contribution in [2.24, 2.45) is 0 Å². The number of nitrogens with zero attached hydrogens (tertiary/aromatic N) is 2. The number of benzene rings is 3. The molecule has 0 saturated carbocycles. The standard InChI is InChI=1S/C28H32ClN3O6S2/c1-22-26(29)11-8-12-27(22)32(40(36,37)24-9-4-2-5-10-24)21-28(33)30-17-20-38-23-13-15-25(16-14-23)39(34,35)31-18-6-3-7-19-31/h2,4-5,8-16H,3,6-7,17-21H2,1H3,(H,30,33). The SMILES string of the molecule is Cc1c(Cl)cccc1N(CC(=O)NCCOc1ccc(S(=O)(=O)N2CCCCC2)cc1)S(=O)(=O)c1ccccc1. The van der Waals surface area contributed by atoms with Gasteiger partial charge in [0.15, 0.2) is 0 Å². The van der Waals surface area contributed by atoms with E-state index in [1.165, 1.54) is 28.6 Å². The third kappa shape index (κ3) is 6.95. The monoisotopic (exact) mass is 605 g/mol. The quantitative estimate of drug-likeness (QED) is 0.328. The number of carbonyl (C=O) groups is 1. The molecule has 0 aromatic heterocycles. The molecule has 1 saturated heterocycles. The largest absolute Gasteiger partial charge is 0.492 e. The Morgan fingerprint density at radius 2 is 1.57 bits per heavy atom. The molecule has 12 heteroatoms. The van der Waals surface area contributed by atoms with Crippen LogP contribution in [0.2, 0.25) is 5.02 Å². The zero-order chi connectivity index (χ0) is 28.8. The first-order valence-electron chi connectivity index (χ1n) is 12.9. The molecule has 0 atom stereocenters. The van der Waals surface area contributed by atoms with Gasteiger partial charge in [-0.25, -0.2) is 16.8 Å². The normalized spacial score (nSPS) is 14.4. The van der Waals surface area contributed by atoms with Gasteiger partial charge in [-0.1, -0.05) is 42.3 Å². The van der Waals surface area contributed by atoms with Crippen LogP contribution in [0.3, 0.4) is 0 Å². The van der Waals surface area contributed by atoms with Gasteiger partial charge in [0.2, 0.25) is 15.9 Å². The molecule has 1 aliphatic heterocycles. The second kappa shape index (κ2) is 13.0. The summed E-state index contributed by atoms with van der Waals surface area (Å²) in [6, 6.07) is 18.9. The first kappa shape index (κ1) is 29.9. The summed E-state index contributed by atoms with van der Waals surface area (Å²) in [5, 5.41) is 3.07. The van der Waals surface area contributed by atoms with Gasteiger partial charge in [-0.3, -0.25) is 9.10 Å². The van der Waals surface area contributed by atoms with E-state index in [1.54, 1.807) is 55.5 Å². The molecule has 214 valence electrons. The number of halogens is 1. The van der Waals surface area contributed by atoms with Crippen LogP contribution in [0.25, 0.3) is 0 Å². The minimum absolute atomic E-state index is 0.0521. The van der Waals surface area contributed by atoms with E-state index in [2.05, 4.69) is 5.32 Å². The molecule has 1 fully saturated rings. The molecule has 0 spiro atoms. The Morgan fingerprint density at radius 1 is 0.900 bits per heavy atom. The summed E-state index contributed by atoms with van der Waals surface area (Å²) in [6.45, 7) is 2.51. The predicted octanol–water partition coefficient (Wildman–Crippen LogP) is 4.21. The Kier molecular flexibility index (Phi) is 9.72. The van der Waals surface area contributed by atoms with E-state index in [0.29, 0.717) is 35.1 Å². The van der Waals surface area contributed by atoms with Crippen LogP contribution in [0.1, 0.15) is 24.8 Å². The maximum atomic E-state index is 13.5. The Labute approximate surface area is 240 Å². The Balaban J connectivity index is 1.37. The molecule has 40 heavy (non-hydrogen) atoms. The summed E-state index contributed by atoms with van der Waals surface area (Å²) in [6.07, 6.45) is 2.76. The van der Waals surface area contributed by atoms with E-state index in [1.807, 2.05) is 0 Å². The summed E-state index contributed by atoms with van der Waals surface area (Å²) in [5.74, 6) is -0.0693. The van der Waals surface area contributed by atoms with Gasteiger partial charge < -0.3 is 10.1 Å². The van der Waals surface area contributed by atoms with Crippen molar-refractivity contribution >= 4 is 43.2 Å². The minimum Gasteiger partial charge on any atom is -0.492 e. The minimum atomic E-state index is -4.06. The fourth-order valence-electron chi connectivity index (χ4n) is 4.39. The lowest BCUT2D eigenvalue weighted by atomic mass is 10.2. The number of piperidine rings is 1. The zero-order valence-corrected chi connectivity index (χ0v) is 24.5. The highest BCUT2D eigenvalue weighted by atomic mass is 35.5. The number of hydrogen-bond donors (Lipinski definition) is 1. The molecule has 0 radical (unpaired) electrons. The molecule has 9 nitrogen and oxygen atoms in total. The third-order valence-corrected chi connectivity index (χ3v) is 10.7. The number of ether oxygens (including phenoxy) is 1. The molecule has 1 aliphatic rings. The maximum absolute atomic E-state index is 13.5. The van der Waals surface area contributed by atoms with Crippen molar-refractivity contribution in [3.8, 4) is 5.75 Å². The molecule has 3 aromatic carbocycles. The first-order valence-corrected chi connectivity index (χ1v) is 16.2. The number of rotatable bonds is 11. The van der Waals surface area contributed by atoms with Crippen molar-refractivity contribution in [3.05, 3.63) is 83.4 Å². The van der Waals surface area contributed by atoms with E-state index < -0.39 is 32.5 Å². The fourth-order valence-corrected chi connectivity index (χ4v) is 7.58. The van der Waals surface area contributed by atoms with E-state index >= 15 is 0 Å². The summed E-state index contributed by atoms with van der Waals surface area (Å²) in [7, 11) is -7.59. The number of anilines is 1. The van der Waals surface area contributed by atoms with Gasteiger partial charge in [0, 0.05) is 18.1 Å². The zero-order valence-electron chi connectivity index (χ0n) is 22.1. The van der Waals surface area contributed by atoms with Crippen LogP contribution >= 0.6 is 11.6 Å². The molecule has 0 bridgehead atoms. The van der Waals surface area contributed by atoms with Crippen LogP contribution in [-0.4, -0.2) is 59.8 Å². The highest BCUT2D eigenvalue weighted by molar-refractivity contribution is 7.92. The Hall–Kier alpha value is -3.12. The number of carbonyl (C=O) groups excluding carboxylic acids is 1.